The van der Waals surface area contributed by atoms with Crippen LogP contribution in [0.2, 0.25) is 0 Å². The van der Waals surface area contributed by atoms with Crippen LogP contribution in [0.5, 0.6) is 0 Å². The average Bonchev–Trinajstić information content (AvgIpc) is 2.97. The van der Waals surface area contributed by atoms with E-state index in [9.17, 15) is 0 Å². The average molecular weight is 219 g/mol. The Morgan fingerprint density at radius 1 is 1.25 bits per heavy atom. The Labute approximate surface area is 97.3 Å². The lowest BCUT2D eigenvalue weighted by molar-refractivity contribution is 0.259. The van der Waals surface area contributed by atoms with E-state index in [0.29, 0.717) is 12.1 Å². The first-order valence-electron chi connectivity index (χ1n) is 6.64. The van der Waals surface area contributed by atoms with Gasteiger partial charge in [-0.2, -0.15) is 0 Å². The zero-order chi connectivity index (χ0) is 11.0. The van der Waals surface area contributed by atoms with Crippen molar-refractivity contribution in [2.24, 2.45) is 5.92 Å². The summed E-state index contributed by atoms with van der Waals surface area (Å²) < 4.78 is 2.38. The minimum Gasteiger partial charge on any atom is -0.353 e. The molecular formula is C13H21N3. The van der Waals surface area contributed by atoms with Crippen molar-refractivity contribution in [3.05, 3.63) is 12.4 Å². The predicted octanol–water partition coefficient (Wildman–Crippen LogP) is 3.21. The van der Waals surface area contributed by atoms with Crippen molar-refractivity contribution in [3.63, 3.8) is 0 Å². The van der Waals surface area contributed by atoms with Crippen LogP contribution in [0.4, 0.5) is 5.95 Å². The SMILES string of the molecule is CC1CCCCC1n1ccnc1NC1CC1. The highest BCUT2D eigenvalue weighted by Gasteiger charge is 2.27. The summed E-state index contributed by atoms with van der Waals surface area (Å²) in [5, 5.41) is 3.53. The summed E-state index contributed by atoms with van der Waals surface area (Å²) in [5.74, 6) is 1.89. The van der Waals surface area contributed by atoms with Gasteiger partial charge in [0.15, 0.2) is 0 Å². The normalized spacial score (nSPS) is 30.3. The van der Waals surface area contributed by atoms with Crippen LogP contribution < -0.4 is 5.32 Å². The lowest BCUT2D eigenvalue weighted by atomic mass is 9.86. The molecule has 2 fully saturated rings. The molecule has 2 aliphatic rings. The van der Waals surface area contributed by atoms with E-state index in [0.717, 1.165) is 11.9 Å². The van der Waals surface area contributed by atoms with E-state index in [1.165, 1.54) is 38.5 Å². The van der Waals surface area contributed by atoms with Crippen LogP contribution in [-0.2, 0) is 0 Å². The molecule has 1 heterocycles. The Kier molecular flexibility index (Phi) is 2.62. The van der Waals surface area contributed by atoms with Gasteiger partial charge in [-0.25, -0.2) is 4.98 Å². The van der Waals surface area contributed by atoms with Crippen LogP contribution in [0.25, 0.3) is 0 Å². The maximum absolute atomic E-state index is 4.46. The smallest absolute Gasteiger partial charge is 0.203 e. The number of anilines is 1. The van der Waals surface area contributed by atoms with Gasteiger partial charge in [-0.05, 0) is 31.6 Å². The highest BCUT2D eigenvalue weighted by molar-refractivity contribution is 5.30. The topological polar surface area (TPSA) is 29.9 Å². The summed E-state index contributed by atoms with van der Waals surface area (Å²) in [6, 6.07) is 1.36. The molecule has 0 aliphatic heterocycles. The predicted molar refractivity (Wildman–Crippen MR) is 65.5 cm³/mol. The Bertz CT molecular complexity index is 354. The molecule has 3 rings (SSSR count). The summed E-state index contributed by atoms with van der Waals surface area (Å²) in [5.41, 5.74) is 0. The van der Waals surface area contributed by atoms with Gasteiger partial charge in [-0.1, -0.05) is 19.8 Å². The monoisotopic (exact) mass is 219 g/mol. The molecule has 0 spiro atoms. The van der Waals surface area contributed by atoms with Crippen molar-refractivity contribution in [2.75, 3.05) is 5.32 Å². The van der Waals surface area contributed by atoms with E-state index < -0.39 is 0 Å². The fourth-order valence-corrected chi connectivity index (χ4v) is 2.81. The van der Waals surface area contributed by atoms with Crippen LogP contribution in [0.1, 0.15) is 51.5 Å². The molecule has 0 saturated heterocycles. The summed E-state index contributed by atoms with van der Waals surface area (Å²) in [4.78, 5) is 4.46. The maximum atomic E-state index is 4.46. The van der Waals surface area contributed by atoms with E-state index in [1.54, 1.807) is 0 Å². The van der Waals surface area contributed by atoms with Crippen molar-refractivity contribution >= 4 is 5.95 Å². The summed E-state index contributed by atoms with van der Waals surface area (Å²) in [7, 11) is 0. The fraction of sp³-hybridized carbons (Fsp3) is 0.769. The van der Waals surface area contributed by atoms with E-state index >= 15 is 0 Å². The lowest BCUT2D eigenvalue weighted by Crippen LogP contribution is -2.22. The summed E-state index contributed by atoms with van der Waals surface area (Å²) >= 11 is 0. The van der Waals surface area contributed by atoms with Gasteiger partial charge in [-0.3, -0.25) is 0 Å². The van der Waals surface area contributed by atoms with Gasteiger partial charge < -0.3 is 9.88 Å². The Balaban J connectivity index is 1.78. The highest BCUT2D eigenvalue weighted by Crippen LogP contribution is 2.36. The second-order valence-corrected chi connectivity index (χ2v) is 5.41. The molecule has 3 heteroatoms. The van der Waals surface area contributed by atoms with Crippen molar-refractivity contribution in [3.8, 4) is 0 Å². The number of hydrogen-bond acceptors (Lipinski definition) is 2. The number of rotatable bonds is 3. The number of nitrogens with zero attached hydrogens (tertiary/aromatic N) is 2. The van der Waals surface area contributed by atoms with Crippen LogP contribution in [0.3, 0.4) is 0 Å². The van der Waals surface area contributed by atoms with E-state index in [1.807, 2.05) is 6.20 Å². The molecule has 1 aromatic rings. The van der Waals surface area contributed by atoms with Gasteiger partial charge >= 0.3 is 0 Å². The van der Waals surface area contributed by atoms with Crippen LogP contribution in [0.15, 0.2) is 12.4 Å². The molecule has 3 nitrogen and oxygen atoms in total. The van der Waals surface area contributed by atoms with Gasteiger partial charge in [-0.15, -0.1) is 0 Å². The summed E-state index contributed by atoms with van der Waals surface area (Å²) in [6.45, 7) is 2.38. The zero-order valence-corrected chi connectivity index (χ0v) is 10.0. The number of imidazole rings is 1. The maximum Gasteiger partial charge on any atom is 0.203 e. The molecule has 16 heavy (non-hydrogen) atoms. The second kappa shape index (κ2) is 4.11. The van der Waals surface area contributed by atoms with E-state index in [-0.39, 0.29) is 0 Å². The zero-order valence-electron chi connectivity index (χ0n) is 10.0. The molecule has 1 N–H and O–H groups in total. The number of aromatic nitrogens is 2. The van der Waals surface area contributed by atoms with Crippen molar-refractivity contribution in [1.82, 2.24) is 9.55 Å². The fourth-order valence-electron chi connectivity index (χ4n) is 2.81. The van der Waals surface area contributed by atoms with E-state index in [4.69, 9.17) is 0 Å². The molecule has 0 radical (unpaired) electrons. The lowest BCUT2D eigenvalue weighted by Gasteiger charge is -2.31. The first-order chi connectivity index (χ1) is 7.84. The minimum absolute atomic E-state index is 0.664. The third kappa shape index (κ3) is 1.95. The Hall–Kier alpha value is -0.990. The molecule has 2 saturated carbocycles. The van der Waals surface area contributed by atoms with Gasteiger partial charge in [0.2, 0.25) is 5.95 Å². The van der Waals surface area contributed by atoms with Crippen molar-refractivity contribution in [2.45, 2.75) is 57.5 Å². The Morgan fingerprint density at radius 2 is 2.06 bits per heavy atom. The van der Waals surface area contributed by atoms with Gasteiger partial charge in [0.1, 0.15) is 0 Å². The first-order valence-corrected chi connectivity index (χ1v) is 6.64. The molecule has 0 bridgehead atoms. The quantitative estimate of drug-likeness (QED) is 0.846. The van der Waals surface area contributed by atoms with Crippen LogP contribution >= 0.6 is 0 Å². The van der Waals surface area contributed by atoms with Gasteiger partial charge in [0.25, 0.3) is 0 Å². The molecule has 0 amide bonds. The standard InChI is InChI=1S/C13H21N3/c1-10-4-2-3-5-12(10)16-9-8-14-13(16)15-11-6-7-11/h8-12H,2-7H2,1H3,(H,14,15). The van der Waals surface area contributed by atoms with Gasteiger partial charge in [0, 0.05) is 24.5 Å². The molecular weight excluding hydrogens is 198 g/mol. The molecule has 2 unspecified atom stereocenters. The number of hydrogen-bond donors (Lipinski definition) is 1. The minimum atomic E-state index is 0.664. The highest BCUT2D eigenvalue weighted by atomic mass is 15.2. The molecule has 1 aromatic heterocycles. The third-order valence-corrected chi connectivity index (χ3v) is 4.00. The number of nitrogens with one attached hydrogen (secondary N) is 1. The second-order valence-electron chi connectivity index (χ2n) is 5.41. The Morgan fingerprint density at radius 3 is 2.81 bits per heavy atom. The van der Waals surface area contributed by atoms with Crippen LogP contribution in [-0.4, -0.2) is 15.6 Å². The van der Waals surface area contributed by atoms with Gasteiger partial charge in [0.05, 0.1) is 0 Å². The molecule has 2 atom stereocenters. The first kappa shape index (κ1) is 10.2. The largest absolute Gasteiger partial charge is 0.353 e. The van der Waals surface area contributed by atoms with Crippen molar-refractivity contribution < 1.29 is 0 Å². The van der Waals surface area contributed by atoms with Crippen LogP contribution in [0, 0.1) is 5.92 Å². The molecule has 0 aromatic carbocycles. The van der Waals surface area contributed by atoms with E-state index in [2.05, 4.69) is 28.0 Å². The van der Waals surface area contributed by atoms with Crippen molar-refractivity contribution in [1.29, 1.82) is 0 Å². The molecule has 88 valence electrons. The summed E-state index contributed by atoms with van der Waals surface area (Å²) in [6.07, 6.45) is 12.2. The molecule has 2 aliphatic carbocycles. The third-order valence-electron chi connectivity index (χ3n) is 4.00.